The average molecular weight is 270 g/mol. The second-order valence-corrected chi connectivity index (χ2v) is 4.11. The SMILES string of the molecule is O=C(O)Cn1cc(O)c2ccc(Br)cc21. The van der Waals surface area contributed by atoms with Gasteiger partial charge in [0.1, 0.15) is 12.3 Å². The molecular weight excluding hydrogens is 262 g/mol. The molecule has 0 amide bonds. The largest absolute Gasteiger partial charge is 0.506 e. The van der Waals surface area contributed by atoms with Crippen LogP contribution in [0.5, 0.6) is 5.75 Å². The van der Waals surface area contributed by atoms with Crippen molar-refractivity contribution in [2.75, 3.05) is 0 Å². The van der Waals surface area contributed by atoms with Crippen molar-refractivity contribution in [2.24, 2.45) is 0 Å². The van der Waals surface area contributed by atoms with Gasteiger partial charge in [-0.2, -0.15) is 0 Å². The second kappa shape index (κ2) is 3.58. The fourth-order valence-electron chi connectivity index (χ4n) is 1.52. The summed E-state index contributed by atoms with van der Waals surface area (Å²) in [7, 11) is 0. The van der Waals surface area contributed by atoms with Gasteiger partial charge in [-0.25, -0.2) is 0 Å². The third-order valence-corrected chi connectivity index (χ3v) is 2.62. The van der Waals surface area contributed by atoms with Crippen LogP contribution in [0.1, 0.15) is 0 Å². The molecule has 4 nitrogen and oxygen atoms in total. The van der Waals surface area contributed by atoms with E-state index in [-0.39, 0.29) is 12.3 Å². The molecule has 0 radical (unpaired) electrons. The fourth-order valence-corrected chi connectivity index (χ4v) is 1.87. The van der Waals surface area contributed by atoms with E-state index in [1.54, 1.807) is 18.2 Å². The standard InChI is InChI=1S/C10H8BrNO3/c11-6-1-2-7-8(3-6)12(4-9(7)13)5-10(14)15/h1-4,13H,5H2,(H,14,15). The predicted octanol–water partition coefficient (Wildman–Crippen LogP) is 2.19. The molecule has 2 rings (SSSR count). The van der Waals surface area contributed by atoms with Crippen molar-refractivity contribution in [2.45, 2.75) is 6.54 Å². The molecule has 0 aliphatic heterocycles. The summed E-state index contributed by atoms with van der Waals surface area (Å²) in [6, 6.07) is 5.32. The Morgan fingerprint density at radius 3 is 2.87 bits per heavy atom. The Hall–Kier alpha value is -1.49. The minimum Gasteiger partial charge on any atom is -0.506 e. The van der Waals surface area contributed by atoms with E-state index in [9.17, 15) is 9.90 Å². The molecule has 5 heteroatoms. The Labute approximate surface area is 93.9 Å². The minimum atomic E-state index is -0.938. The molecule has 0 aliphatic carbocycles. The van der Waals surface area contributed by atoms with E-state index in [0.29, 0.717) is 10.9 Å². The van der Waals surface area contributed by atoms with Gasteiger partial charge < -0.3 is 14.8 Å². The minimum absolute atomic E-state index is 0.0961. The number of fused-ring (bicyclic) bond motifs is 1. The van der Waals surface area contributed by atoms with Gasteiger partial charge >= 0.3 is 5.97 Å². The first kappa shape index (κ1) is 10.0. The van der Waals surface area contributed by atoms with Crippen LogP contribution in [0.3, 0.4) is 0 Å². The molecule has 0 saturated carbocycles. The van der Waals surface area contributed by atoms with Crippen LogP contribution >= 0.6 is 15.9 Å². The van der Waals surface area contributed by atoms with Crippen molar-refractivity contribution in [3.63, 3.8) is 0 Å². The lowest BCUT2D eigenvalue weighted by molar-refractivity contribution is -0.137. The maximum absolute atomic E-state index is 10.6. The predicted molar refractivity (Wildman–Crippen MR) is 58.9 cm³/mol. The molecule has 1 aromatic heterocycles. The number of aromatic hydroxyl groups is 1. The first-order chi connectivity index (χ1) is 7.08. The number of halogens is 1. The van der Waals surface area contributed by atoms with Gasteiger partial charge in [-0.15, -0.1) is 0 Å². The highest BCUT2D eigenvalue weighted by atomic mass is 79.9. The third kappa shape index (κ3) is 1.83. The molecule has 15 heavy (non-hydrogen) atoms. The van der Waals surface area contributed by atoms with Crippen molar-refractivity contribution < 1.29 is 15.0 Å². The van der Waals surface area contributed by atoms with E-state index in [1.807, 2.05) is 0 Å². The Morgan fingerprint density at radius 1 is 1.47 bits per heavy atom. The summed E-state index contributed by atoms with van der Waals surface area (Å²) in [5.41, 5.74) is 0.698. The van der Waals surface area contributed by atoms with Crippen LogP contribution in [0.25, 0.3) is 10.9 Å². The van der Waals surface area contributed by atoms with E-state index >= 15 is 0 Å². The van der Waals surface area contributed by atoms with Gasteiger partial charge in [-0.3, -0.25) is 4.79 Å². The van der Waals surface area contributed by atoms with Crippen LogP contribution in [0, 0.1) is 0 Å². The Kier molecular flexibility index (Phi) is 2.40. The number of carboxylic acids is 1. The molecule has 0 saturated heterocycles. The molecular formula is C10H8BrNO3. The number of carbonyl (C=O) groups is 1. The molecule has 0 fully saturated rings. The van der Waals surface area contributed by atoms with E-state index < -0.39 is 5.97 Å². The number of hydrogen-bond donors (Lipinski definition) is 2. The molecule has 0 bridgehead atoms. The topological polar surface area (TPSA) is 62.5 Å². The van der Waals surface area contributed by atoms with Gasteiger partial charge in [0.25, 0.3) is 0 Å². The summed E-state index contributed by atoms with van der Waals surface area (Å²) in [5.74, 6) is -0.842. The van der Waals surface area contributed by atoms with Crippen molar-refractivity contribution in [1.29, 1.82) is 0 Å². The van der Waals surface area contributed by atoms with Crippen LogP contribution in [0.15, 0.2) is 28.9 Å². The van der Waals surface area contributed by atoms with E-state index in [4.69, 9.17) is 5.11 Å². The first-order valence-electron chi connectivity index (χ1n) is 4.27. The smallest absolute Gasteiger partial charge is 0.323 e. The van der Waals surface area contributed by atoms with Gasteiger partial charge in [0.2, 0.25) is 0 Å². The van der Waals surface area contributed by atoms with Crippen LogP contribution in [0.2, 0.25) is 0 Å². The average Bonchev–Trinajstić information content (AvgIpc) is 2.42. The monoisotopic (exact) mass is 269 g/mol. The van der Waals surface area contributed by atoms with Gasteiger partial charge in [-0.05, 0) is 18.2 Å². The quantitative estimate of drug-likeness (QED) is 0.879. The van der Waals surface area contributed by atoms with Gasteiger partial charge in [0, 0.05) is 16.1 Å². The van der Waals surface area contributed by atoms with Crippen LogP contribution in [-0.4, -0.2) is 20.7 Å². The summed E-state index contributed by atoms with van der Waals surface area (Å²) >= 11 is 3.30. The fraction of sp³-hybridized carbons (Fsp3) is 0.100. The summed E-state index contributed by atoms with van der Waals surface area (Å²) in [6.07, 6.45) is 1.42. The van der Waals surface area contributed by atoms with Crippen LogP contribution < -0.4 is 0 Å². The summed E-state index contributed by atoms with van der Waals surface area (Å²) in [5, 5.41) is 18.9. The number of aliphatic carboxylic acids is 1. The van der Waals surface area contributed by atoms with Crippen LogP contribution in [0.4, 0.5) is 0 Å². The normalized spacial score (nSPS) is 10.7. The van der Waals surface area contributed by atoms with E-state index in [1.165, 1.54) is 10.8 Å². The highest BCUT2D eigenvalue weighted by Crippen LogP contribution is 2.29. The molecule has 1 heterocycles. The van der Waals surface area contributed by atoms with Gasteiger partial charge in [0.15, 0.2) is 0 Å². The van der Waals surface area contributed by atoms with E-state index in [2.05, 4.69) is 15.9 Å². The highest BCUT2D eigenvalue weighted by Gasteiger charge is 2.09. The van der Waals surface area contributed by atoms with Gasteiger partial charge in [-0.1, -0.05) is 15.9 Å². The summed E-state index contributed by atoms with van der Waals surface area (Å²) < 4.78 is 2.34. The lowest BCUT2D eigenvalue weighted by Gasteiger charge is -2.00. The zero-order valence-corrected chi connectivity index (χ0v) is 9.23. The van der Waals surface area contributed by atoms with Crippen molar-refractivity contribution in [3.8, 4) is 5.75 Å². The summed E-state index contributed by atoms with van der Waals surface area (Å²) in [6.45, 7) is -0.159. The van der Waals surface area contributed by atoms with Gasteiger partial charge in [0.05, 0.1) is 5.52 Å². The molecule has 0 aliphatic rings. The zero-order valence-electron chi connectivity index (χ0n) is 7.64. The highest BCUT2D eigenvalue weighted by molar-refractivity contribution is 9.10. The second-order valence-electron chi connectivity index (χ2n) is 3.20. The maximum Gasteiger partial charge on any atom is 0.323 e. The number of benzene rings is 1. The molecule has 1 aromatic carbocycles. The maximum atomic E-state index is 10.6. The van der Waals surface area contributed by atoms with E-state index in [0.717, 1.165) is 4.47 Å². The van der Waals surface area contributed by atoms with Crippen molar-refractivity contribution in [1.82, 2.24) is 4.57 Å². The third-order valence-electron chi connectivity index (χ3n) is 2.13. The first-order valence-corrected chi connectivity index (χ1v) is 5.06. The van der Waals surface area contributed by atoms with Crippen molar-refractivity contribution >= 4 is 32.8 Å². The number of hydrogen-bond acceptors (Lipinski definition) is 2. The molecule has 0 spiro atoms. The molecule has 2 aromatic rings. The van der Waals surface area contributed by atoms with Crippen molar-refractivity contribution in [3.05, 3.63) is 28.9 Å². The number of nitrogens with zero attached hydrogens (tertiary/aromatic N) is 1. The lowest BCUT2D eigenvalue weighted by Crippen LogP contribution is -2.07. The number of rotatable bonds is 2. The molecule has 0 atom stereocenters. The Bertz CT molecular complexity index is 533. The zero-order chi connectivity index (χ0) is 11.0. The Morgan fingerprint density at radius 2 is 2.20 bits per heavy atom. The number of carboxylic acid groups (broad SMARTS) is 1. The summed E-state index contributed by atoms with van der Waals surface area (Å²) in [4.78, 5) is 10.6. The number of aromatic nitrogens is 1. The lowest BCUT2D eigenvalue weighted by atomic mass is 10.2. The molecule has 2 N–H and O–H groups in total. The molecule has 78 valence electrons. The Balaban J connectivity index is 2.64. The molecule has 0 unspecified atom stereocenters. The van der Waals surface area contributed by atoms with Crippen LogP contribution in [-0.2, 0) is 11.3 Å².